The average molecular weight is 355 g/mol. The fourth-order valence-corrected chi connectivity index (χ4v) is 2.14. The fraction of sp³-hybridized carbons (Fsp3) is 0.412. The van der Waals surface area contributed by atoms with Gasteiger partial charge in [-0.05, 0) is 45.0 Å². The third-order valence-electron chi connectivity index (χ3n) is 3.25. The van der Waals surface area contributed by atoms with Crippen molar-refractivity contribution in [3.05, 3.63) is 36.0 Å². The molecule has 5 nitrogen and oxygen atoms in total. The summed E-state index contributed by atoms with van der Waals surface area (Å²) < 4.78 is 50.6. The second-order valence-corrected chi connectivity index (χ2v) is 5.54. The van der Waals surface area contributed by atoms with Crippen molar-refractivity contribution in [2.45, 2.75) is 33.1 Å². The smallest absolute Gasteiger partial charge is 0.421 e. The summed E-state index contributed by atoms with van der Waals surface area (Å²) in [6.45, 7) is 5.86. The van der Waals surface area contributed by atoms with Gasteiger partial charge in [0.25, 0.3) is 0 Å². The van der Waals surface area contributed by atoms with Crippen LogP contribution in [0.2, 0.25) is 0 Å². The van der Waals surface area contributed by atoms with E-state index in [1.807, 2.05) is 6.92 Å². The highest BCUT2D eigenvalue weighted by Crippen LogP contribution is 2.38. The van der Waals surface area contributed by atoms with Crippen LogP contribution >= 0.6 is 0 Å². The van der Waals surface area contributed by atoms with Gasteiger partial charge in [-0.2, -0.15) is 18.2 Å². The molecule has 0 atom stereocenters. The number of halogens is 3. The molecule has 0 saturated carbocycles. The van der Waals surface area contributed by atoms with Gasteiger partial charge in [-0.15, -0.1) is 0 Å². The van der Waals surface area contributed by atoms with Crippen LogP contribution in [0.3, 0.4) is 0 Å². The molecule has 0 fully saturated rings. The summed E-state index contributed by atoms with van der Waals surface area (Å²) in [6.07, 6.45) is -4.09. The summed E-state index contributed by atoms with van der Waals surface area (Å²) >= 11 is 0. The molecule has 1 aromatic carbocycles. The first-order valence-corrected chi connectivity index (χ1v) is 7.79. The second-order valence-electron chi connectivity index (χ2n) is 5.54. The molecule has 1 aromatic heterocycles. The van der Waals surface area contributed by atoms with Crippen molar-refractivity contribution in [2.75, 3.05) is 18.6 Å². The Bertz CT molecular complexity index is 703. The van der Waals surface area contributed by atoms with Gasteiger partial charge in [0.1, 0.15) is 11.3 Å². The van der Waals surface area contributed by atoms with Gasteiger partial charge in [-0.3, -0.25) is 0 Å². The lowest BCUT2D eigenvalue weighted by Gasteiger charge is -2.23. The number of benzene rings is 1. The highest BCUT2D eigenvalue weighted by Gasteiger charge is 2.36. The van der Waals surface area contributed by atoms with E-state index in [0.29, 0.717) is 18.0 Å². The highest BCUT2D eigenvalue weighted by atomic mass is 19.4. The number of anilines is 2. The average Bonchev–Trinajstić information content (AvgIpc) is 2.53. The number of aromatic nitrogens is 2. The van der Waals surface area contributed by atoms with Crippen molar-refractivity contribution in [3.8, 4) is 11.8 Å². The van der Waals surface area contributed by atoms with E-state index in [1.165, 1.54) is 11.9 Å². The standard InChI is InChI=1S/C17H20F3N3O2/c1-5-24-13-8-6-12(7-9-13)23(4)15-14(17(18,19)20)10-21-16(22-15)25-11(2)3/h6-11H,5H2,1-4H3. The third-order valence-corrected chi connectivity index (χ3v) is 3.25. The molecular weight excluding hydrogens is 335 g/mol. The van der Waals surface area contributed by atoms with Crippen LogP contribution in [0, 0.1) is 0 Å². The van der Waals surface area contributed by atoms with Crippen LogP contribution in [0.5, 0.6) is 11.8 Å². The number of hydrogen-bond acceptors (Lipinski definition) is 5. The fourth-order valence-electron chi connectivity index (χ4n) is 2.14. The third kappa shape index (κ3) is 4.74. The zero-order valence-electron chi connectivity index (χ0n) is 14.5. The summed E-state index contributed by atoms with van der Waals surface area (Å²) in [6, 6.07) is 6.60. The van der Waals surface area contributed by atoms with E-state index in [9.17, 15) is 13.2 Å². The molecule has 0 aliphatic carbocycles. The van der Waals surface area contributed by atoms with E-state index in [4.69, 9.17) is 9.47 Å². The molecule has 136 valence electrons. The van der Waals surface area contributed by atoms with E-state index in [1.54, 1.807) is 38.1 Å². The van der Waals surface area contributed by atoms with E-state index in [0.717, 1.165) is 6.20 Å². The van der Waals surface area contributed by atoms with Crippen molar-refractivity contribution < 1.29 is 22.6 Å². The van der Waals surface area contributed by atoms with E-state index in [-0.39, 0.29) is 17.9 Å². The maximum atomic E-state index is 13.3. The van der Waals surface area contributed by atoms with Gasteiger partial charge in [0.2, 0.25) is 0 Å². The maximum absolute atomic E-state index is 13.3. The first-order chi connectivity index (χ1) is 11.7. The van der Waals surface area contributed by atoms with Crippen molar-refractivity contribution in [3.63, 3.8) is 0 Å². The molecule has 0 spiro atoms. The second kappa shape index (κ2) is 7.58. The van der Waals surface area contributed by atoms with Crippen LogP contribution in [-0.2, 0) is 6.18 Å². The Morgan fingerprint density at radius 1 is 1.16 bits per heavy atom. The van der Waals surface area contributed by atoms with Crippen LogP contribution in [0.15, 0.2) is 30.5 Å². The largest absolute Gasteiger partial charge is 0.494 e. The van der Waals surface area contributed by atoms with Crippen LogP contribution < -0.4 is 14.4 Å². The zero-order chi connectivity index (χ0) is 18.6. The molecule has 0 aliphatic rings. The van der Waals surface area contributed by atoms with Gasteiger partial charge >= 0.3 is 12.2 Å². The van der Waals surface area contributed by atoms with E-state index in [2.05, 4.69) is 9.97 Å². The summed E-state index contributed by atoms with van der Waals surface area (Å²) in [5, 5.41) is 0. The molecular formula is C17H20F3N3O2. The van der Waals surface area contributed by atoms with Gasteiger partial charge in [-0.1, -0.05) is 0 Å². The molecule has 0 saturated heterocycles. The lowest BCUT2D eigenvalue weighted by Crippen LogP contribution is -2.20. The lowest BCUT2D eigenvalue weighted by molar-refractivity contribution is -0.137. The summed E-state index contributed by atoms with van der Waals surface area (Å²) in [5.41, 5.74) is -0.400. The Labute approximate surface area is 144 Å². The topological polar surface area (TPSA) is 47.5 Å². The summed E-state index contributed by atoms with van der Waals surface area (Å²) in [4.78, 5) is 8.96. The molecule has 0 N–H and O–H groups in total. The molecule has 1 heterocycles. The van der Waals surface area contributed by atoms with Crippen molar-refractivity contribution in [1.82, 2.24) is 9.97 Å². The minimum atomic E-state index is -4.58. The van der Waals surface area contributed by atoms with Crippen molar-refractivity contribution >= 4 is 11.5 Å². The SMILES string of the molecule is CCOc1ccc(N(C)c2nc(OC(C)C)ncc2C(F)(F)F)cc1. The molecule has 0 unspecified atom stereocenters. The molecule has 0 aliphatic heterocycles. The van der Waals surface area contributed by atoms with Crippen molar-refractivity contribution in [2.24, 2.45) is 0 Å². The van der Waals surface area contributed by atoms with Crippen molar-refractivity contribution in [1.29, 1.82) is 0 Å². The van der Waals surface area contributed by atoms with Crippen LogP contribution in [0.4, 0.5) is 24.7 Å². The number of rotatable bonds is 6. The lowest BCUT2D eigenvalue weighted by atomic mass is 10.2. The molecule has 25 heavy (non-hydrogen) atoms. The minimum absolute atomic E-state index is 0.101. The number of hydrogen-bond donors (Lipinski definition) is 0. The Morgan fingerprint density at radius 3 is 2.32 bits per heavy atom. The predicted octanol–water partition coefficient (Wildman–Crippen LogP) is 4.45. The molecule has 0 amide bonds. The van der Waals surface area contributed by atoms with Gasteiger partial charge in [-0.25, -0.2) is 4.98 Å². The Hall–Kier alpha value is -2.51. The minimum Gasteiger partial charge on any atom is -0.494 e. The van der Waals surface area contributed by atoms with Gasteiger partial charge < -0.3 is 14.4 Å². The molecule has 2 rings (SSSR count). The van der Waals surface area contributed by atoms with Gasteiger partial charge in [0, 0.05) is 18.9 Å². The quantitative estimate of drug-likeness (QED) is 0.766. The Kier molecular flexibility index (Phi) is 5.71. The molecule has 2 aromatic rings. The molecule has 8 heteroatoms. The van der Waals surface area contributed by atoms with Gasteiger partial charge in [0.15, 0.2) is 5.82 Å². The summed E-state index contributed by atoms with van der Waals surface area (Å²) in [7, 11) is 1.51. The van der Waals surface area contributed by atoms with E-state index >= 15 is 0 Å². The zero-order valence-corrected chi connectivity index (χ0v) is 14.5. The number of alkyl halides is 3. The van der Waals surface area contributed by atoms with Crippen LogP contribution in [-0.4, -0.2) is 29.7 Å². The van der Waals surface area contributed by atoms with Crippen LogP contribution in [0.25, 0.3) is 0 Å². The van der Waals surface area contributed by atoms with E-state index < -0.39 is 11.7 Å². The number of nitrogens with zero attached hydrogens (tertiary/aromatic N) is 3. The van der Waals surface area contributed by atoms with Crippen LogP contribution in [0.1, 0.15) is 26.3 Å². The number of ether oxygens (including phenoxy) is 2. The Morgan fingerprint density at radius 2 is 1.80 bits per heavy atom. The first-order valence-electron chi connectivity index (χ1n) is 7.79. The maximum Gasteiger partial charge on any atom is 0.421 e. The first kappa shape index (κ1) is 18.8. The predicted molar refractivity (Wildman–Crippen MR) is 88.5 cm³/mol. The monoisotopic (exact) mass is 355 g/mol. The summed E-state index contributed by atoms with van der Waals surface area (Å²) in [5.74, 6) is 0.365. The van der Waals surface area contributed by atoms with Gasteiger partial charge in [0.05, 0.1) is 12.7 Å². The molecule has 0 bridgehead atoms. The highest BCUT2D eigenvalue weighted by molar-refractivity contribution is 5.63. The molecule has 0 radical (unpaired) electrons. The Balaban J connectivity index is 2.42. The normalized spacial score (nSPS) is 11.5.